The zero-order valence-electron chi connectivity index (χ0n) is 18.3. The average Bonchev–Trinajstić information content (AvgIpc) is 3.02. The molecule has 0 saturated carbocycles. The van der Waals surface area contributed by atoms with Crippen molar-refractivity contribution in [3.63, 3.8) is 0 Å². The van der Waals surface area contributed by atoms with Crippen LogP contribution in [-0.2, 0) is 23.5 Å². The third kappa shape index (κ3) is 3.94. The number of aryl methyl sites for hydroxylation is 1. The molecule has 4 atom stereocenters. The number of ether oxygens (including phenoxy) is 1. The van der Waals surface area contributed by atoms with Crippen molar-refractivity contribution in [2.24, 2.45) is 5.73 Å². The highest BCUT2D eigenvalue weighted by Gasteiger charge is 2.65. The van der Waals surface area contributed by atoms with E-state index in [0.717, 1.165) is 9.98 Å². The SMILES string of the molecule is Cc1cn(C2OC(CO[Si](C)(C)C(C)(C)C)C3(OS(=O)(=O)C=C3N)C2O)c(=O)[nH]c1=O. The molecule has 13 heteroatoms. The first-order valence-corrected chi connectivity index (χ1v) is 14.1. The highest BCUT2D eigenvalue weighted by molar-refractivity contribution is 7.90. The lowest BCUT2D eigenvalue weighted by Crippen LogP contribution is -2.55. The van der Waals surface area contributed by atoms with Crippen LogP contribution in [0.5, 0.6) is 0 Å². The smallest absolute Gasteiger partial charge is 0.330 e. The summed E-state index contributed by atoms with van der Waals surface area (Å²) in [5.41, 5.74) is 2.59. The van der Waals surface area contributed by atoms with Gasteiger partial charge in [0.1, 0.15) is 12.2 Å². The molecule has 4 unspecified atom stereocenters. The molecule has 0 aromatic carbocycles. The van der Waals surface area contributed by atoms with E-state index in [1.807, 2.05) is 33.9 Å². The number of nitrogens with one attached hydrogen (secondary N) is 1. The molecular formula is C18H29N3O8SSi. The van der Waals surface area contributed by atoms with Crippen LogP contribution in [-0.4, -0.2) is 55.8 Å². The average molecular weight is 476 g/mol. The first-order valence-electron chi connectivity index (χ1n) is 9.75. The number of aliphatic hydroxyl groups excluding tert-OH is 1. The lowest BCUT2D eigenvalue weighted by atomic mass is 9.89. The molecular weight excluding hydrogens is 446 g/mol. The van der Waals surface area contributed by atoms with Gasteiger partial charge in [0.05, 0.1) is 17.7 Å². The lowest BCUT2D eigenvalue weighted by molar-refractivity contribution is -0.0566. The Morgan fingerprint density at radius 1 is 1.35 bits per heavy atom. The maximum Gasteiger partial charge on any atom is 0.330 e. The van der Waals surface area contributed by atoms with Crippen molar-refractivity contribution in [2.45, 2.75) is 69.9 Å². The van der Waals surface area contributed by atoms with Crippen LogP contribution in [0.25, 0.3) is 0 Å². The van der Waals surface area contributed by atoms with E-state index in [1.54, 1.807) is 0 Å². The number of hydrogen-bond acceptors (Lipinski definition) is 9. The minimum Gasteiger partial charge on any atom is -0.414 e. The second-order valence-corrected chi connectivity index (χ2v) is 15.6. The van der Waals surface area contributed by atoms with Crippen molar-refractivity contribution in [3.8, 4) is 0 Å². The molecule has 3 heterocycles. The van der Waals surface area contributed by atoms with Crippen molar-refractivity contribution in [2.75, 3.05) is 6.61 Å². The molecule has 1 aromatic heterocycles. The number of nitrogens with zero attached hydrogens (tertiary/aromatic N) is 1. The van der Waals surface area contributed by atoms with E-state index >= 15 is 0 Å². The Morgan fingerprint density at radius 2 is 1.97 bits per heavy atom. The summed E-state index contributed by atoms with van der Waals surface area (Å²) >= 11 is 0. The second-order valence-electron chi connectivity index (χ2n) is 9.45. The van der Waals surface area contributed by atoms with Crippen LogP contribution in [0, 0.1) is 6.92 Å². The Kier molecular flexibility index (Phi) is 5.69. The lowest BCUT2D eigenvalue weighted by Gasteiger charge is -2.38. The van der Waals surface area contributed by atoms with Crippen LogP contribution in [0.3, 0.4) is 0 Å². The van der Waals surface area contributed by atoms with E-state index in [0.29, 0.717) is 0 Å². The van der Waals surface area contributed by atoms with Gasteiger partial charge in [-0.25, -0.2) is 8.98 Å². The molecule has 0 radical (unpaired) electrons. The third-order valence-electron chi connectivity index (χ3n) is 6.29. The van der Waals surface area contributed by atoms with Crippen LogP contribution >= 0.6 is 0 Å². The van der Waals surface area contributed by atoms with Gasteiger partial charge in [0.15, 0.2) is 20.1 Å². The van der Waals surface area contributed by atoms with Gasteiger partial charge in [-0.1, -0.05) is 20.8 Å². The number of rotatable bonds is 4. The van der Waals surface area contributed by atoms with Crippen LogP contribution < -0.4 is 17.0 Å². The van der Waals surface area contributed by atoms with E-state index in [1.165, 1.54) is 13.1 Å². The summed E-state index contributed by atoms with van der Waals surface area (Å²) in [5, 5.41) is 11.7. The maximum atomic E-state index is 12.4. The highest BCUT2D eigenvalue weighted by atomic mass is 32.2. The Balaban J connectivity index is 2.05. The number of H-pyrrole nitrogens is 1. The molecule has 174 valence electrons. The number of aliphatic hydroxyl groups is 1. The Labute approximate surface area is 181 Å². The molecule has 11 nitrogen and oxygen atoms in total. The molecule has 1 saturated heterocycles. The van der Waals surface area contributed by atoms with E-state index in [2.05, 4.69) is 4.98 Å². The van der Waals surface area contributed by atoms with Crippen molar-refractivity contribution >= 4 is 18.4 Å². The fraction of sp³-hybridized carbons (Fsp3) is 0.667. The molecule has 0 aliphatic carbocycles. The van der Waals surface area contributed by atoms with Crippen molar-refractivity contribution in [3.05, 3.63) is 43.7 Å². The standard InChI is InChI=1S/C18H29N3O8SSi/c1-10-7-21(16(24)20-14(10)23)15-13(22)18(11(19)9-30(25,26)29-18)12(28-15)8-27-31(5,6)17(2,3)4/h7,9,12-13,15,22H,8,19H2,1-6H3,(H,20,23,24). The van der Waals surface area contributed by atoms with Gasteiger partial charge in [-0.2, -0.15) is 8.42 Å². The monoisotopic (exact) mass is 475 g/mol. The Hall–Kier alpha value is -1.77. The van der Waals surface area contributed by atoms with Crippen LogP contribution in [0.2, 0.25) is 18.1 Å². The minimum atomic E-state index is -4.18. The van der Waals surface area contributed by atoms with Crippen molar-refractivity contribution < 1.29 is 26.9 Å². The summed E-state index contributed by atoms with van der Waals surface area (Å²) in [5.74, 6) is 0. The fourth-order valence-corrected chi connectivity index (χ4v) is 5.61. The van der Waals surface area contributed by atoms with E-state index in [-0.39, 0.29) is 22.9 Å². The fourth-order valence-electron chi connectivity index (χ4n) is 3.37. The van der Waals surface area contributed by atoms with Gasteiger partial charge in [-0.05, 0) is 25.1 Å². The largest absolute Gasteiger partial charge is 0.414 e. The van der Waals surface area contributed by atoms with Gasteiger partial charge in [0.25, 0.3) is 15.7 Å². The van der Waals surface area contributed by atoms with Crippen LogP contribution in [0.1, 0.15) is 32.6 Å². The molecule has 1 fully saturated rings. The van der Waals surface area contributed by atoms with Gasteiger partial charge >= 0.3 is 5.69 Å². The van der Waals surface area contributed by atoms with Gasteiger partial charge in [0, 0.05) is 11.8 Å². The van der Waals surface area contributed by atoms with E-state index in [4.69, 9.17) is 19.1 Å². The van der Waals surface area contributed by atoms with E-state index in [9.17, 15) is 23.1 Å². The summed E-state index contributed by atoms with van der Waals surface area (Å²) in [4.78, 5) is 26.2. The van der Waals surface area contributed by atoms with Crippen molar-refractivity contribution in [1.82, 2.24) is 9.55 Å². The topological polar surface area (TPSA) is 163 Å². The van der Waals surface area contributed by atoms with Gasteiger partial charge in [-0.3, -0.25) is 14.3 Å². The molecule has 1 aromatic rings. The summed E-state index contributed by atoms with van der Waals surface area (Å²) in [6.45, 7) is 11.5. The quantitative estimate of drug-likeness (QED) is 0.402. The molecule has 0 amide bonds. The summed E-state index contributed by atoms with van der Waals surface area (Å²) < 4.78 is 42.7. The molecule has 4 N–H and O–H groups in total. The molecule has 0 bridgehead atoms. The van der Waals surface area contributed by atoms with Crippen molar-refractivity contribution in [1.29, 1.82) is 0 Å². The van der Waals surface area contributed by atoms with Crippen LogP contribution in [0.4, 0.5) is 0 Å². The third-order valence-corrected chi connectivity index (χ3v) is 11.8. The number of nitrogens with two attached hydrogens (primary N) is 1. The Bertz CT molecular complexity index is 1130. The Morgan fingerprint density at radius 3 is 2.48 bits per heavy atom. The van der Waals surface area contributed by atoms with Gasteiger partial charge in [0.2, 0.25) is 0 Å². The predicted octanol–water partition coefficient (Wildman–Crippen LogP) is 0.0240. The zero-order chi connectivity index (χ0) is 23.6. The predicted molar refractivity (Wildman–Crippen MR) is 114 cm³/mol. The summed E-state index contributed by atoms with van der Waals surface area (Å²) in [7, 11) is -6.47. The number of aromatic nitrogens is 2. The number of hydrogen-bond donors (Lipinski definition) is 3. The molecule has 2 aliphatic heterocycles. The molecule has 1 spiro atoms. The second kappa shape index (κ2) is 7.39. The molecule has 3 rings (SSSR count). The first-order chi connectivity index (χ1) is 14.0. The molecule has 2 aliphatic rings. The maximum absolute atomic E-state index is 12.4. The first kappa shape index (κ1) is 23.9. The van der Waals surface area contributed by atoms with Crippen LogP contribution in [0.15, 0.2) is 26.9 Å². The van der Waals surface area contributed by atoms with E-state index < -0.39 is 53.7 Å². The number of aromatic amines is 1. The summed E-state index contributed by atoms with van der Waals surface area (Å²) in [6, 6.07) is 0. The van der Waals surface area contributed by atoms with Gasteiger partial charge in [-0.15, -0.1) is 0 Å². The normalized spacial score (nSPS) is 30.7. The zero-order valence-corrected chi connectivity index (χ0v) is 20.1. The minimum absolute atomic E-state index is 0.120. The summed E-state index contributed by atoms with van der Waals surface area (Å²) in [6.07, 6.45) is -2.94. The highest BCUT2D eigenvalue weighted by Crippen LogP contribution is 2.47. The molecule has 31 heavy (non-hydrogen) atoms. The van der Waals surface area contributed by atoms with Gasteiger partial charge < -0.3 is 20.0 Å².